The van der Waals surface area contributed by atoms with Gasteiger partial charge in [0, 0.05) is 23.7 Å². The Morgan fingerprint density at radius 3 is 2.90 bits per heavy atom. The van der Waals surface area contributed by atoms with E-state index in [1.54, 1.807) is 16.2 Å². The van der Waals surface area contributed by atoms with Crippen LogP contribution in [0.5, 0.6) is 0 Å². The Kier molecular flexibility index (Phi) is 3.89. The summed E-state index contributed by atoms with van der Waals surface area (Å²) in [7, 11) is 0. The molecule has 1 fully saturated rings. The number of aliphatic hydroxyl groups is 1. The van der Waals surface area contributed by atoms with Gasteiger partial charge in [0.15, 0.2) is 0 Å². The molecule has 2 heterocycles. The third-order valence-electron chi connectivity index (χ3n) is 3.52. The van der Waals surface area contributed by atoms with E-state index < -0.39 is 0 Å². The molecule has 4 nitrogen and oxygen atoms in total. The minimum absolute atomic E-state index is 0.00403. The van der Waals surface area contributed by atoms with E-state index in [4.69, 9.17) is 0 Å². The summed E-state index contributed by atoms with van der Waals surface area (Å²) in [6.45, 7) is 0.917. The van der Waals surface area contributed by atoms with Gasteiger partial charge in [0.1, 0.15) is 5.69 Å². The van der Waals surface area contributed by atoms with Crippen molar-refractivity contribution in [1.82, 2.24) is 9.47 Å². The number of hydrogen-bond acceptors (Lipinski definition) is 3. The van der Waals surface area contributed by atoms with Crippen LogP contribution in [0.4, 0.5) is 0 Å². The first kappa shape index (κ1) is 13.4. The minimum Gasteiger partial charge on any atom is -0.395 e. The summed E-state index contributed by atoms with van der Waals surface area (Å²) < 4.78 is 2.07. The average molecular weight is 290 g/mol. The fourth-order valence-corrected chi connectivity index (χ4v) is 3.09. The maximum Gasteiger partial charge on any atom is 0.270 e. The maximum atomic E-state index is 12.7. The fraction of sp³-hybridized carbons (Fsp3) is 0.400. The third kappa shape index (κ3) is 2.78. The first-order chi connectivity index (χ1) is 9.79. The number of carbonyl (C=O) groups excluding carboxylic acids is 1. The van der Waals surface area contributed by atoms with Crippen molar-refractivity contribution < 1.29 is 9.90 Å². The van der Waals surface area contributed by atoms with Crippen LogP contribution in [0.2, 0.25) is 0 Å². The van der Waals surface area contributed by atoms with Crippen molar-refractivity contribution in [2.75, 3.05) is 13.2 Å². The molecule has 0 saturated heterocycles. The summed E-state index contributed by atoms with van der Waals surface area (Å²) in [5, 5.41) is 11.2. The molecule has 2 aromatic rings. The van der Waals surface area contributed by atoms with Crippen LogP contribution in [0.25, 0.3) is 0 Å². The first-order valence-electron chi connectivity index (χ1n) is 6.89. The Morgan fingerprint density at radius 2 is 2.25 bits per heavy atom. The topological polar surface area (TPSA) is 45.5 Å². The SMILES string of the molecule is O=C(c1cccn1C1CC1)N(CCO)Cc1cccs1. The zero-order chi connectivity index (χ0) is 13.9. The number of carbonyl (C=O) groups is 1. The highest BCUT2D eigenvalue weighted by molar-refractivity contribution is 7.09. The molecule has 0 unspecified atom stereocenters. The van der Waals surface area contributed by atoms with Crippen LogP contribution < -0.4 is 0 Å². The van der Waals surface area contributed by atoms with Gasteiger partial charge in [-0.15, -0.1) is 11.3 Å². The molecule has 0 aliphatic heterocycles. The lowest BCUT2D eigenvalue weighted by molar-refractivity contribution is 0.0698. The van der Waals surface area contributed by atoms with Crippen molar-refractivity contribution in [3.8, 4) is 0 Å². The summed E-state index contributed by atoms with van der Waals surface area (Å²) >= 11 is 1.63. The van der Waals surface area contributed by atoms with Gasteiger partial charge in [-0.3, -0.25) is 4.79 Å². The largest absolute Gasteiger partial charge is 0.395 e. The van der Waals surface area contributed by atoms with Gasteiger partial charge in [0.2, 0.25) is 0 Å². The fourth-order valence-electron chi connectivity index (χ4n) is 2.37. The molecule has 3 rings (SSSR count). The normalized spacial score (nSPS) is 14.4. The molecule has 1 saturated carbocycles. The molecule has 106 valence electrons. The van der Waals surface area contributed by atoms with Crippen LogP contribution >= 0.6 is 11.3 Å². The van der Waals surface area contributed by atoms with E-state index in [-0.39, 0.29) is 12.5 Å². The molecule has 1 aliphatic carbocycles. The van der Waals surface area contributed by atoms with Gasteiger partial charge in [-0.2, -0.15) is 0 Å². The van der Waals surface area contributed by atoms with Crippen LogP contribution in [-0.4, -0.2) is 33.6 Å². The van der Waals surface area contributed by atoms with Gasteiger partial charge >= 0.3 is 0 Å². The summed E-state index contributed by atoms with van der Waals surface area (Å²) in [5.74, 6) is 0.00403. The summed E-state index contributed by atoms with van der Waals surface area (Å²) in [4.78, 5) is 15.5. The zero-order valence-corrected chi connectivity index (χ0v) is 12.1. The van der Waals surface area contributed by atoms with Gasteiger partial charge in [0.05, 0.1) is 13.2 Å². The second-order valence-corrected chi connectivity index (χ2v) is 6.09. The Hall–Kier alpha value is -1.59. The lowest BCUT2D eigenvalue weighted by atomic mass is 10.3. The van der Waals surface area contributed by atoms with Gasteiger partial charge in [-0.25, -0.2) is 0 Å². The molecule has 1 aliphatic rings. The molecule has 1 amide bonds. The highest BCUT2D eigenvalue weighted by atomic mass is 32.1. The molecular weight excluding hydrogens is 272 g/mol. The highest BCUT2D eigenvalue weighted by Gasteiger charge is 2.28. The number of thiophene rings is 1. The van der Waals surface area contributed by atoms with Crippen molar-refractivity contribution in [1.29, 1.82) is 0 Å². The lowest BCUT2D eigenvalue weighted by Gasteiger charge is -2.22. The van der Waals surface area contributed by atoms with Gasteiger partial charge in [-0.05, 0) is 36.4 Å². The summed E-state index contributed by atoms with van der Waals surface area (Å²) in [6.07, 6.45) is 4.28. The van der Waals surface area contributed by atoms with Crippen LogP contribution in [-0.2, 0) is 6.54 Å². The Morgan fingerprint density at radius 1 is 1.40 bits per heavy atom. The number of aromatic nitrogens is 1. The Labute approximate surface area is 122 Å². The Balaban J connectivity index is 1.79. The van der Waals surface area contributed by atoms with E-state index in [1.165, 1.54) is 0 Å². The summed E-state index contributed by atoms with van der Waals surface area (Å²) in [6, 6.07) is 8.28. The standard InChI is InChI=1S/C15H18N2O2S/c18-9-8-16(11-13-3-2-10-20-13)15(19)14-4-1-7-17(14)12-5-6-12/h1-4,7,10,12,18H,5-6,8-9,11H2. The number of amides is 1. The maximum absolute atomic E-state index is 12.7. The second-order valence-electron chi connectivity index (χ2n) is 5.06. The van der Waals surface area contributed by atoms with E-state index in [0.717, 1.165) is 23.4 Å². The van der Waals surface area contributed by atoms with Crippen molar-refractivity contribution in [3.05, 3.63) is 46.4 Å². The van der Waals surface area contributed by atoms with Gasteiger partial charge < -0.3 is 14.6 Å². The predicted octanol–water partition coefficient (Wildman–Crippen LogP) is 2.52. The minimum atomic E-state index is -0.0126. The molecule has 0 radical (unpaired) electrons. The van der Waals surface area contributed by atoms with E-state index in [9.17, 15) is 9.90 Å². The summed E-state index contributed by atoms with van der Waals surface area (Å²) in [5.41, 5.74) is 0.734. The van der Waals surface area contributed by atoms with Gasteiger partial charge in [0.25, 0.3) is 5.91 Å². The van der Waals surface area contributed by atoms with E-state index in [0.29, 0.717) is 19.1 Å². The molecule has 2 aromatic heterocycles. The molecule has 0 bridgehead atoms. The molecule has 0 spiro atoms. The third-order valence-corrected chi connectivity index (χ3v) is 4.38. The molecular formula is C15H18N2O2S. The van der Waals surface area contributed by atoms with Gasteiger partial charge in [-0.1, -0.05) is 6.07 Å². The Bertz CT molecular complexity index is 572. The van der Waals surface area contributed by atoms with Crippen LogP contribution in [0.15, 0.2) is 35.8 Å². The number of hydrogen-bond donors (Lipinski definition) is 1. The number of nitrogens with zero attached hydrogens (tertiary/aromatic N) is 2. The highest BCUT2D eigenvalue weighted by Crippen LogP contribution is 2.36. The monoisotopic (exact) mass is 290 g/mol. The molecule has 1 N–H and O–H groups in total. The van der Waals surface area contributed by atoms with Crippen molar-refractivity contribution in [3.63, 3.8) is 0 Å². The van der Waals surface area contributed by atoms with Crippen LogP contribution in [0.1, 0.15) is 34.2 Å². The zero-order valence-electron chi connectivity index (χ0n) is 11.2. The van der Waals surface area contributed by atoms with E-state index in [1.807, 2.05) is 35.8 Å². The predicted molar refractivity (Wildman–Crippen MR) is 78.8 cm³/mol. The quantitative estimate of drug-likeness (QED) is 0.888. The number of aliphatic hydroxyl groups excluding tert-OH is 1. The molecule has 0 aromatic carbocycles. The number of rotatable bonds is 6. The van der Waals surface area contributed by atoms with Crippen molar-refractivity contribution in [2.24, 2.45) is 0 Å². The molecule has 0 atom stereocenters. The van der Waals surface area contributed by atoms with Crippen molar-refractivity contribution >= 4 is 17.2 Å². The average Bonchev–Trinajstić information content (AvgIpc) is 2.97. The lowest BCUT2D eigenvalue weighted by Crippen LogP contribution is -2.34. The van der Waals surface area contributed by atoms with E-state index >= 15 is 0 Å². The van der Waals surface area contributed by atoms with Crippen molar-refractivity contribution in [2.45, 2.75) is 25.4 Å². The van der Waals surface area contributed by atoms with Crippen LogP contribution in [0, 0.1) is 0 Å². The first-order valence-corrected chi connectivity index (χ1v) is 7.77. The molecule has 5 heteroatoms. The molecule has 20 heavy (non-hydrogen) atoms. The second kappa shape index (κ2) is 5.81. The van der Waals surface area contributed by atoms with E-state index in [2.05, 4.69) is 4.57 Å². The smallest absolute Gasteiger partial charge is 0.270 e. The van der Waals surface area contributed by atoms with Crippen LogP contribution in [0.3, 0.4) is 0 Å².